The fourth-order valence-corrected chi connectivity index (χ4v) is 5.27. The Labute approximate surface area is 205 Å². The third kappa shape index (κ3) is 4.30. The van der Waals surface area contributed by atoms with Crippen molar-refractivity contribution in [2.45, 2.75) is 11.4 Å². The number of carbonyl (C=O) groups excluding carboxylic acids is 1. The number of aliphatic hydroxyl groups is 1. The molecule has 1 amide bonds. The summed E-state index contributed by atoms with van der Waals surface area (Å²) in [5, 5.41) is 22.9. The van der Waals surface area contributed by atoms with Crippen molar-refractivity contribution in [3.63, 3.8) is 0 Å². The smallest absolute Gasteiger partial charge is 0.251 e. The van der Waals surface area contributed by atoms with Crippen LogP contribution in [-0.2, 0) is 6.54 Å². The average molecular weight is 487 g/mol. The summed E-state index contributed by atoms with van der Waals surface area (Å²) in [5.74, 6) is 0.161. The summed E-state index contributed by atoms with van der Waals surface area (Å²) >= 11 is 3.14. The first kappa shape index (κ1) is 22.2. The van der Waals surface area contributed by atoms with Gasteiger partial charge in [0.1, 0.15) is 16.6 Å². The van der Waals surface area contributed by atoms with Crippen molar-refractivity contribution in [2.75, 3.05) is 17.7 Å². The lowest BCUT2D eigenvalue weighted by molar-refractivity contribution is 0.0951. The van der Waals surface area contributed by atoms with Gasteiger partial charge in [0.15, 0.2) is 0 Å². The first-order valence-electron chi connectivity index (χ1n) is 10.7. The van der Waals surface area contributed by atoms with Crippen LogP contribution in [0.4, 0.5) is 5.69 Å². The topological polar surface area (TPSA) is 89.3 Å². The van der Waals surface area contributed by atoms with Crippen LogP contribution in [0, 0.1) is 5.41 Å². The number of aromatic nitrogens is 1. The van der Waals surface area contributed by atoms with Gasteiger partial charge in [0.25, 0.3) is 5.91 Å². The van der Waals surface area contributed by atoms with E-state index in [0.29, 0.717) is 22.7 Å². The number of hydrogen-bond donors (Lipinski definition) is 3. The molecule has 8 heteroatoms. The van der Waals surface area contributed by atoms with Crippen molar-refractivity contribution in [1.29, 1.82) is 5.41 Å². The quantitative estimate of drug-likeness (QED) is 0.304. The molecule has 0 radical (unpaired) electrons. The van der Waals surface area contributed by atoms with Gasteiger partial charge in [-0.3, -0.25) is 10.2 Å². The molecule has 0 spiro atoms. The third-order valence-electron chi connectivity index (χ3n) is 5.66. The minimum Gasteiger partial charge on any atom is -0.510 e. The number of fused-ring (bicyclic) bond motifs is 1. The number of thioether (sulfide) groups is 1. The molecule has 3 aromatic carbocycles. The molecule has 170 valence electrons. The lowest BCUT2D eigenvalue weighted by atomic mass is 10.1. The summed E-state index contributed by atoms with van der Waals surface area (Å²) in [4.78, 5) is 20.1. The van der Waals surface area contributed by atoms with Gasteiger partial charge in [0, 0.05) is 22.7 Å². The Morgan fingerprint density at radius 3 is 2.56 bits per heavy atom. The zero-order valence-corrected chi connectivity index (χ0v) is 20.0. The fourth-order valence-electron chi connectivity index (χ4n) is 3.82. The van der Waals surface area contributed by atoms with Gasteiger partial charge < -0.3 is 15.3 Å². The molecule has 0 bridgehead atoms. The summed E-state index contributed by atoms with van der Waals surface area (Å²) in [6.45, 7) is 0.650. The van der Waals surface area contributed by atoms with Crippen molar-refractivity contribution in [1.82, 2.24) is 10.3 Å². The second-order valence-electron chi connectivity index (χ2n) is 7.82. The Hall–Kier alpha value is -3.62. The van der Waals surface area contributed by atoms with Crippen LogP contribution >= 0.6 is 23.1 Å². The molecule has 5 rings (SSSR count). The first-order chi connectivity index (χ1) is 16.5. The second-order valence-corrected chi connectivity index (χ2v) is 9.73. The number of amidine groups is 1. The Morgan fingerprint density at radius 2 is 1.85 bits per heavy atom. The first-order valence-corrected chi connectivity index (χ1v) is 12.7. The van der Waals surface area contributed by atoms with Crippen molar-refractivity contribution in [3.05, 3.63) is 94.7 Å². The Balaban J connectivity index is 1.27. The number of nitrogens with zero attached hydrogens (tertiary/aromatic N) is 2. The van der Waals surface area contributed by atoms with Crippen LogP contribution < -0.4 is 10.2 Å². The van der Waals surface area contributed by atoms with E-state index in [4.69, 9.17) is 5.41 Å². The maximum absolute atomic E-state index is 12.6. The van der Waals surface area contributed by atoms with Gasteiger partial charge in [-0.05, 0) is 60.4 Å². The number of thiazole rings is 1. The van der Waals surface area contributed by atoms with E-state index in [1.54, 1.807) is 40.9 Å². The lowest BCUT2D eigenvalue weighted by Crippen LogP contribution is -2.26. The number of carbonyl (C=O) groups is 1. The van der Waals surface area contributed by atoms with Crippen molar-refractivity contribution in [2.24, 2.45) is 0 Å². The molecule has 1 aromatic heterocycles. The van der Waals surface area contributed by atoms with Gasteiger partial charge in [0.2, 0.25) is 0 Å². The molecule has 1 aliphatic heterocycles. The van der Waals surface area contributed by atoms with Crippen LogP contribution in [0.3, 0.4) is 0 Å². The van der Waals surface area contributed by atoms with Gasteiger partial charge in [-0.2, -0.15) is 0 Å². The average Bonchev–Trinajstić information content (AvgIpc) is 3.42. The number of anilines is 1. The number of benzene rings is 3. The van der Waals surface area contributed by atoms with Crippen LogP contribution in [-0.4, -0.2) is 34.6 Å². The largest absolute Gasteiger partial charge is 0.510 e. The predicted molar refractivity (Wildman–Crippen MR) is 140 cm³/mol. The highest BCUT2D eigenvalue weighted by Gasteiger charge is 2.31. The van der Waals surface area contributed by atoms with Crippen LogP contribution in [0.2, 0.25) is 0 Å². The van der Waals surface area contributed by atoms with Crippen molar-refractivity contribution < 1.29 is 9.90 Å². The SMILES string of the molecule is CSc1ccc(CNC(=O)c2ccc(N3CC(O)=C(c4nc5ccccc5s4)C3=N)cc2)cc1. The third-order valence-corrected chi connectivity index (χ3v) is 7.46. The minimum absolute atomic E-state index is 0.123. The maximum atomic E-state index is 12.6. The standard InChI is InChI=1S/C26H22N4O2S2/c1-33-19-12-6-16(7-13-19)14-28-25(32)17-8-10-18(11-9-17)30-15-21(31)23(24(30)27)26-29-20-4-2-3-5-22(20)34-26/h2-13,27,31H,14-15H2,1H3,(H,28,32). The highest BCUT2D eigenvalue weighted by atomic mass is 32.2. The van der Waals surface area contributed by atoms with E-state index in [2.05, 4.69) is 10.3 Å². The van der Waals surface area contributed by atoms with Gasteiger partial charge in [-0.1, -0.05) is 24.3 Å². The van der Waals surface area contributed by atoms with E-state index < -0.39 is 0 Å². The molecule has 34 heavy (non-hydrogen) atoms. The number of para-hydroxylation sites is 1. The zero-order valence-electron chi connectivity index (χ0n) is 18.4. The highest BCUT2D eigenvalue weighted by molar-refractivity contribution is 7.98. The summed E-state index contributed by atoms with van der Waals surface area (Å²) in [6.07, 6.45) is 2.03. The molecule has 3 N–H and O–H groups in total. The summed E-state index contributed by atoms with van der Waals surface area (Å²) < 4.78 is 1.01. The molecule has 2 heterocycles. The normalized spacial score (nSPS) is 13.7. The van der Waals surface area contributed by atoms with Crippen LogP contribution in [0.1, 0.15) is 20.9 Å². The van der Waals surface area contributed by atoms with E-state index in [9.17, 15) is 9.90 Å². The molecule has 4 aromatic rings. The van der Waals surface area contributed by atoms with E-state index in [0.717, 1.165) is 21.5 Å². The summed E-state index contributed by atoms with van der Waals surface area (Å²) in [6, 6.07) is 22.9. The van der Waals surface area contributed by atoms with Crippen molar-refractivity contribution in [3.8, 4) is 0 Å². The fraction of sp³-hybridized carbons (Fsp3) is 0.115. The molecular formula is C26H22N4O2S2. The van der Waals surface area contributed by atoms with E-state index in [1.165, 1.54) is 16.2 Å². The molecular weight excluding hydrogens is 464 g/mol. The Morgan fingerprint density at radius 1 is 1.12 bits per heavy atom. The maximum Gasteiger partial charge on any atom is 0.251 e. The molecule has 0 fully saturated rings. The van der Waals surface area contributed by atoms with Gasteiger partial charge >= 0.3 is 0 Å². The van der Waals surface area contributed by atoms with Gasteiger partial charge in [0.05, 0.1) is 22.3 Å². The zero-order chi connectivity index (χ0) is 23.7. The van der Waals surface area contributed by atoms with E-state index in [1.807, 2.05) is 54.8 Å². The monoisotopic (exact) mass is 486 g/mol. The lowest BCUT2D eigenvalue weighted by Gasteiger charge is -2.19. The molecule has 0 unspecified atom stereocenters. The van der Waals surface area contributed by atoms with E-state index >= 15 is 0 Å². The summed E-state index contributed by atoms with van der Waals surface area (Å²) in [7, 11) is 0. The van der Waals surface area contributed by atoms with E-state index in [-0.39, 0.29) is 24.0 Å². The number of rotatable bonds is 6. The molecule has 6 nitrogen and oxygen atoms in total. The number of nitrogens with one attached hydrogen (secondary N) is 2. The molecule has 0 atom stereocenters. The predicted octanol–water partition coefficient (Wildman–Crippen LogP) is 5.71. The Kier molecular flexibility index (Phi) is 6.08. The highest BCUT2D eigenvalue weighted by Crippen LogP contribution is 2.35. The number of amides is 1. The van der Waals surface area contributed by atoms with Crippen LogP contribution in [0.5, 0.6) is 0 Å². The summed E-state index contributed by atoms with van der Waals surface area (Å²) in [5.41, 5.74) is 3.62. The molecule has 1 aliphatic rings. The number of hydrogen-bond acceptors (Lipinski definition) is 6. The number of aliphatic hydroxyl groups excluding tert-OH is 1. The second kappa shape index (κ2) is 9.32. The molecule has 0 saturated heterocycles. The minimum atomic E-state index is -0.159. The molecule has 0 aliphatic carbocycles. The van der Waals surface area contributed by atoms with Gasteiger partial charge in [-0.15, -0.1) is 23.1 Å². The van der Waals surface area contributed by atoms with Crippen LogP contribution in [0.25, 0.3) is 15.8 Å². The van der Waals surface area contributed by atoms with Gasteiger partial charge in [-0.25, -0.2) is 4.98 Å². The van der Waals surface area contributed by atoms with Crippen LogP contribution in [0.15, 0.2) is 83.5 Å². The Bertz CT molecular complexity index is 1380. The molecule has 0 saturated carbocycles. The van der Waals surface area contributed by atoms with Crippen molar-refractivity contribution >= 4 is 56.3 Å².